The molecule has 0 aliphatic carbocycles. The molecule has 0 aromatic carbocycles. The Balaban J connectivity index is 2.46. The van der Waals surface area contributed by atoms with E-state index in [1.807, 2.05) is 13.0 Å². The normalized spacial score (nSPS) is 10.5. The molecular weight excluding hydrogens is 212 g/mol. The van der Waals surface area contributed by atoms with E-state index in [-0.39, 0.29) is 5.69 Å². The zero-order valence-electron chi connectivity index (χ0n) is 8.37. The summed E-state index contributed by atoms with van der Waals surface area (Å²) >= 11 is 1.54. The first-order valence-electron chi connectivity index (χ1n) is 4.43. The van der Waals surface area contributed by atoms with Crippen LogP contribution in [-0.4, -0.2) is 21.0 Å². The molecule has 0 atom stereocenters. The molecule has 2 N–H and O–H groups in total. The predicted octanol–water partition coefficient (Wildman–Crippen LogP) is 2.45. The predicted molar refractivity (Wildman–Crippen MR) is 58.3 cm³/mol. The lowest BCUT2D eigenvalue weighted by Gasteiger charge is -1.90. The van der Waals surface area contributed by atoms with Crippen molar-refractivity contribution in [2.75, 3.05) is 0 Å². The zero-order chi connectivity index (χ0) is 11.0. The van der Waals surface area contributed by atoms with Crippen molar-refractivity contribution >= 4 is 17.3 Å². The van der Waals surface area contributed by atoms with Crippen LogP contribution >= 0.6 is 11.3 Å². The number of carboxylic acid groups (broad SMARTS) is 1. The molecule has 0 amide bonds. The number of carbonyl (C=O) groups is 1. The minimum absolute atomic E-state index is 0.234. The Morgan fingerprint density at radius 2 is 2.27 bits per heavy atom. The van der Waals surface area contributed by atoms with Gasteiger partial charge in [-0.1, -0.05) is 0 Å². The molecule has 2 heterocycles. The number of nitrogens with zero attached hydrogens (tertiary/aromatic N) is 1. The molecular formula is C10H10N2O2S. The molecule has 0 spiro atoms. The third-order valence-corrected chi connectivity index (χ3v) is 3.03. The fourth-order valence-electron chi connectivity index (χ4n) is 1.37. The first kappa shape index (κ1) is 9.92. The first-order valence-corrected chi connectivity index (χ1v) is 5.25. The molecule has 2 rings (SSSR count). The molecule has 2 aromatic heterocycles. The third kappa shape index (κ3) is 1.78. The number of aromatic amines is 1. The molecule has 2 aromatic rings. The van der Waals surface area contributed by atoms with Gasteiger partial charge in [0.1, 0.15) is 10.7 Å². The van der Waals surface area contributed by atoms with Crippen molar-refractivity contribution in [3.63, 3.8) is 0 Å². The molecule has 0 radical (unpaired) electrons. The summed E-state index contributed by atoms with van der Waals surface area (Å²) in [6.45, 7) is 3.74. The van der Waals surface area contributed by atoms with Gasteiger partial charge in [0.25, 0.3) is 0 Å². The Bertz CT molecular complexity index is 513. The van der Waals surface area contributed by atoms with Crippen molar-refractivity contribution in [3.05, 3.63) is 28.4 Å². The van der Waals surface area contributed by atoms with E-state index in [1.165, 1.54) is 11.3 Å². The molecule has 0 fully saturated rings. The summed E-state index contributed by atoms with van der Waals surface area (Å²) in [4.78, 5) is 19.0. The van der Waals surface area contributed by atoms with Gasteiger partial charge in [-0.2, -0.15) is 0 Å². The molecule has 5 heteroatoms. The summed E-state index contributed by atoms with van der Waals surface area (Å²) in [5.41, 5.74) is 1.73. The SMILES string of the molecule is Cc1cnc(-c2cc(C)c(C(=O)O)[nH]2)s1. The lowest BCUT2D eigenvalue weighted by molar-refractivity contribution is 0.0690. The van der Waals surface area contributed by atoms with Crippen LogP contribution in [0.4, 0.5) is 0 Å². The maximum Gasteiger partial charge on any atom is 0.352 e. The van der Waals surface area contributed by atoms with Crippen molar-refractivity contribution in [1.29, 1.82) is 0 Å². The highest BCUT2D eigenvalue weighted by Gasteiger charge is 2.13. The highest BCUT2D eigenvalue weighted by molar-refractivity contribution is 7.14. The number of aromatic nitrogens is 2. The standard InChI is InChI=1S/C10H10N2O2S/c1-5-3-7(12-8(5)10(13)14)9-11-4-6(2)15-9/h3-4,12H,1-2H3,(H,13,14). The van der Waals surface area contributed by atoms with Crippen LogP contribution in [-0.2, 0) is 0 Å². The monoisotopic (exact) mass is 222 g/mol. The summed E-state index contributed by atoms with van der Waals surface area (Å²) in [6, 6.07) is 1.81. The van der Waals surface area contributed by atoms with Gasteiger partial charge in [-0.05, 0) is 25.5 Å². The van der Waals surface area contributed by atoms with Crippen LogP contribution in [0, 0.1) is 13.8 Å². The summed E-state index contributed by atoms with van der Waals surface area (Å²) in [6.07, 6.45) is 1.77. The number of nitrogens with one attached hydrogen (secondary N) is 1. The smallest absolute Gasteiger partial charge is 0.352 e. The molecule has 15 heavy (non-hydrogen) atoms. The zero-order valence-corrected chi connectivity index (χ0v) is 9.18. The number of thiazole rings is 1. The van der Waals surface area contributed by atoms with Gasteiger partial charge < -0.3 is 10.1 Å². The fourth-order valence-corrected chi connectivity index (χ4v) is 2.11. The van der Waals surface area contributed by atoms with Crippen LogP contribution in [0.25, 0.3) is 10.7 Å². The topological polar surface area (TPSA) is 66.0 Å². The van der Waals surface area contributed by atoms with E-state index in [4.69, 9.17) is 5.11 Å². The summed E-state index contributed by atoms with van der Waals surface area (Å²) < 4.78 is 0. The number of H-pyrrole nitrogens is 1. The first-order chi connectivity index (χ1) is 7.08. The third-order valence-electron chi connectivity index (χ3n) is 2.08. The van der Waals surface area contributed by atoms with Gasteiger partial charge in [-0.15, -0.1) is 11.3 Å². The van der Waals surface area contributed by atoms with E-state index in [2.05, 4.69) is 9.97 Å². The molecule has 0 unspecified atom stereocenters. The van der Waals surface area contributed by atoms with E-state index in [9.17, 15) is 4.79 Å². The van der Waals surface area contributed by atoms with Crippen LogP contribution in [0.3, 0.4) is 0 Å². The molecule has 0 saturated carbocycles. The van der Waals surface area contributed by atoms with Crippen molar-refractivity contribution < 1.29 is 9.90 Å². The minimum atomic E-state index is -0.938. The molecule has 0 aliphatic rings. The van der Waals surface area contributed by atoms with Crippen LogP contribution < -0.4 is 0 Å². The largest absolute Gasteiger partial charge is 0.477 e. The number of carboxylic acids is 1. The van der Waals surface area contributed by atoms with Crippen LogP contribution in [0.2, 0.25) is 0 Å². The molecule has 0 bridgehead atoms. The second-order valence-corrected chi connectivity index (χ2v) is 4.56. The van der Waals surface area contributed by atoms with E-state index in [0.717, 1.165) is 21.1 Å². The second-order valence-electron chi connectivity index (χ2n) is 3.32. The average Bonchev–Trinajstić information content (AvgIpc) is 2.71. The Labute approximate surface area is 90.6 Å². The highest BCUT2D eigenvalue weighted by atomic mass is 32.1. The number of aryl methyl sites for hydroxylation is 2. The summed E-state index contributed by atoms with van der Waals surface area (Å²) in [5.74, 6) is -0.938. The number of aromatic carboxylic acids is 1. The van der Waals surface area contributed by atoms with Crippen molar-refractivity contribution in [2.24, 2.45) is 0 Å². The summed E-state index contributed by atoms with van der Waals surface area (Å²) in [5, 5.41) is 9.71. The van der Waals surface area contributed by atoms with Gasteiger partial charge in [-0.25, -0.2) is 9.78 Å². The lowest BCUT2D eigenvalue weighted by Crippen LogP contribution is -1.98. The van der Waals surface area contributed by atoms with Gasteiger partial charge in [-0.3, -0.25) is 0 Å². The van der Waals surface area contributed by atoms with Crippen molar-refractivity contribution in [1.82, 2.24) is 9.97 Å². The Morgan fingerprint density at radius 3 is 2.73 bits per heavy atom. The molecule has 78 valence electrons. The molecule has 4 nitrogen and oxygen atoms in total. The maximum atomic E-state index is 10.8. The second kappa shape index (κ2) is 3.51. The van der Waals surface area contributed by atoms with Gasteiger partial charge >= 0.3 is 5.97 Å². The summed E-state index contributed by atoms with van der Waals surface area (Å²) in [7, 11) is 0. The number of hydrogen-bond acceptors (Lipinski definition) is 3. The van der Waals surface area contributed by atoms with Gasteiger partial charge in [0.2, 0.25) is 0 Å². The van der Waals surface area contributed by atoms with Crippen LogP contribution in [0.1, 0.15) is 20.9 Å². The van der Waals surface area contributed by atoms with E-state index < -0.39 is 5.97 Å². The quantitative estimate of drug-likeness (QED) is 0.820. The Morgan fingerprint density at radius 1 is 1.53 bits per heavy atom. The van der Waals surface area contributed by atoms with Crippen LogP contribution in [0.5, 0.6) is 0 Å². The Hall–Kier alpha value is -1.62. The minimum Gasteiger partial charge on any atom is -0.477 e. The fraction of sp³-hybridized carbons (Fsp3) is 0.200. The maximum absolute atomic E-state index is 10.8. The lowest BCUT2D eigenvalue weighted by atomic mass is 10.2. The number of hydrogen-bond donors (Lipinski definition) is 2. The van der Waals surface area contributed by atoms with Gasteiger partial charge in [0, 0.05) is 11.1 Å². The molecule has 0 aliphatic heterocycles. The van der Waals surface area contributed by atoms with Gasteiger partial charge in [0.05, 0.1) is 5.69 Å². The number of rotatable bonds is 2. The van der Waals surface area contributed by atoms with Crippen molar-refractivity contribution in [2.45, 2.75) is 13.8 Å². The van der Waals surface area contributed by atoms with Crippen LogP contribution in [0.15, 0.2) is 12.3 Å². The van der Waals surface area contributed by atoms with Gasteiger partial charge in [0.15, 0.2) is 0 Å². The Kier molecular flexibility index (Phi) is 2.32. The molecule has 0 saturated heterocycles. The average molecular weight is 222 g/mol. The van der Waals surface area contributed by atoms with E-state index in [0.29, 0.717) is 0 Å². The van der Waals surface area contributed by atoms with E-state index in [1.54, 1.807) is 13.1 Å². The van der Waals surface area contributed by atoms with Crippen molar-refractivity contribution in [3.8, 4) is 10.7 Å². The highest BCUT2D eigenvalue weighted by Crippen LogP contribution is 2.25. The van der Waals surface area contributed by atoms with E-state index >= 15 is 0 Å².